The van der Waals surface area contributed by atoms with E-state index in [1.165, 1.54) is 18.3 Å². The molecule has 0 spiro atoms. The molecular weight excluding hydrogens is 410 g/mol. The van der Waals surface area contributed by atoms with E-state index in [4.69, 9.17) is 0 Å². The highest BCUT2D eigenvalue weighted by Gasteiger charge is 1.96. The van der Waals surface area contributed by atoms with E-state index in [-0.39, 0.29) is 0 Å². The first-order valence-electron chi connectivity index (χ1n) is 4.73. The van der Waals surface area contributed by atoms with Crippen LogP contribution in [0.4, 0.5) is 0 Å². The fourth-order valence-electron chi connectivity index (χ4n) is 1.48. The van der Waals surface area contributed by atoms with Crippen LogP contribution in [0.3, 0.4) is 0 Å². The van der Waals surface area contributed by atoms with E-state index in [1.54, 1.807) is 0 Å². The lowest BCUT2D eigenvalue weighted by molar-refractivity contribution is 1.19. The van der Waals surface area contributed by atoms with Crippen LogP contribution in [0, 0.1) is 7.14 Å². The molecule has 0 aliphatic carbocycles. The molecule has 0 atom stereocenters. The summed E-state index contributed by atoms with van der Waals surface area (Å²) in [4.78, 5) is 0. The molecule has 0 nitrogen and oxygen atoms in total. The van der Waals surface area contributed by atoms with Crippen LogP contribution in [0.1, 0.15) is 11.1 Å². The van der Waals surface area contributed by atoms with Crippen molar-refractivity contribution < 1.29 is 0 Å². The van der Waals surface area contributed by atoms with Gasteiger partial charge in [-0.05, 0) is 87.0 Å². The van der Waals surface area contributed by atoms with Gasteiger partial charge in [-0.25, -0.2) is 0 Å². The lowest BCUT2D eigenvalue weighted by atomic mass is 10.1. The van der Waals surface area contributed by atoms with Crippen LogP contribution in [-0.2, 0) is 6.42 Å². The predicted molar refractivity (Wildman–Crippen MR) is 81.1 cm³/mol. The first kappa shape index (κ1) is 11.4. The van der Waals surface area contributed by atoms with E-state index in [0.29, 0.717) is 0 Å². The van der Waals surface area contributed by atoms with Crippen LogP contribution in [0.25, 0.3) is 0 Å². The first-order valence-corrected chi connectivity index (χ1v) is 6.89. The van der Waals surface area contributed by atoms with Gasteiger partial charge in [-0.2, -0.15) is 0 Å². The molecule has 0 radical (unpaired) electrons. The van der Waals surface area contributed by atoms with Crippen LogP contribution in [0.5, 0.6) is 0 Å². The van der Waals surface area contributed by atoms with Gasteiger partial charge in [0.2, 0.25) is 0 Å². The Morgan fingerprint density at radius 1 is 0.733 bits per heavy atom. The van der Waals surface area contributed by atoms with Gasteiger partial charge in [-0.3, -0.25) is 0 Å². The van der Waals surface area contributed by atoms with Crippen molar-refractivity contribution in [1.82, 2.24) is 0 Å². The Morgan fingerprint density at radius 2 is 1.47 bits per heavy atom. The van der Waals surface area contributed by atoms with Gasteiger partial charge in [0.25, 0.3) is 0 Å². The third-order valence-corrected chi connectivity index (χ3v) is 3.60. The zero-order valence-electron chi connectivity index (χ0n) is 8.08. The largest absolute Gasteiger partial charge is 0.0609 e. The fourth-order valence-corrected chi connectivity index (χ4v) is 2.45. The summed E-state index contributed by atoms with van der Waals surface area (Å²) in [5.41, 5.74) is 2.75. The summed E-state index contributed by atoms with van der Waals surface area (Å²) in [5, 5.41) is 0. The number of benzene rings is 2. The highest BCUT2D eigenvalue weighted by molar-refractivity contribution is 14.1. The van der Waals surface area contributed by atoms with Crippen molar-refractivity contribution in [2.75, 3.05) is 0 Å². The molecule has 0 saturated carbocycles. The van der Waals surface area contributed by atoms with Crippen molar-refractivity contribution >= 4 is 45.2 Å². The van der Waals surface area contributed by atoms with Gasteiger partial charge in [0.1, 0.15) is 0 Å². The number of hydrogen-bond acceptors (Lipinski definition) is 0. The van der Waals surface area contributed by atoms with Crippen LogP contribution < -0.4 is 0 Å². The standard InChI is InChI=1S/C13H10I2/c14-12-6-4-10(5-7-12)8-11-2-1-3-13(15)9-11/h1-7,9H,8H2. The van der Waals surface area contributed by atoms with Gasteiger partial charge in [0.05, 0.1) is 0 Å². The van der Waals surface area contributed by atoms with E-state index in [2.05, 4.69) is 93.7 Å². The molecule has 15 heavy (non-hydrogen) atoms. The average molecular weight is 420 g/mol. The lowest BCUT2D eigenvalue weighted by Crippen LogP contribution is -1.88. The summed E-state index contributed by atoms with van der Waals surface area (Å²) >= 11 is 4.68. The van der Waals surface area contributed by atoms with Gasteiger partial charge in [0.15, 0.2) is 0 Å². The number of halogens is 2. The van der Waals surface area contributed by atoms with Gasteiger partial charge < -0.3 is 0 Å². The van der Waals surface area contributed by atoms with E-state index in [1.807, 2.05) is 0 Å². The molecule has 0 fully saturated rings. The Balaban J connectivity index is 2.18. The molecule has 0 amide bonds. The highest BCUT2D eigenvalue weighted by atomic mass is 127. The highest BCUT2D eigenvalue weighted by Crippen LogP contribution is 2.14. The lowest BCUT2D eigenvalue weighted by Gasteiger charge is -2.02. The van der Waals surface area contributed by atoms with Crippen LogP contribution >= 0.6 is 45.2 Å². The third kappa shape index (κ3) is 3.45. The summed E-state index contributed by atoms with van der Waals surface area (Å²) < 4.78 is 2.59. The molecule has 2 aromatic carbocycles. The van der Waals surface area contributed by atoms with Crippen molar-refractivity contribution in [2.24, 2.45) is 0 Å². The second-order valence-electron chi connectivity index (χ2n) is 3.43. The summed E-state index contributed by atoms with van der Waals surface area (Å²) in [7, 11) is 0. The molecule has 0 aliphatic heterocycles. The normalized spacial score (nSPS) is 10.3. The van der Waals surface area contributed by atoms with Crippen molar-refractivity contribution in [1.29, 1.82) is 0 Å². The smallest absolute Gasteiger partial charge is 0.0133 e. The van der Waals surface area contributed by atoms with Crippen molar-refractivity contribution in [3.05, 3.63) is 66.8 Å². The van der Waals surface area contributed by atoms with Crippen LogP contribution in [0.15, 0.2) is 48.5 Å². The molecule has 0 N–H and O–H groups in total. The molecule has 0 heterocycles. The summed E-state index contributed by atoms with van der Waals surface area (Å²) in [6.07, 6.45) is 1.02. The molecule has 0 aromatic heterocycles. The van der Waals surface area contributed by atoms with E-state index in [0.717, 1.165) is 6.42 Å². The monoisotopic (exact) mass is 420 g/mol. The molecule has 0 unspecified atom stereocenters. The third-order valence-electron chi connectivity index (χ3n) is 2.21. The van der Waals surface area contributed by atoms with Gasteiger partial charge in [-0.15, -0.1) is 0 Å². The van der Waals surface area contributed by atoms with Crippen LogP contribution in [0.2, 0.25) is 0 Å². The molecule has 0 bridgehead atoms. The topological polar surface area (TPSA) is 0 Å². The van der Waals surface area contributed by atoms with E-state index in [9.17, 15) is 0 Å². The molecule has 76 valence electrons. The molecule has 2 aromatic rings. The number of rotatable bonds is 2. The zero-order chi connectivity index (χ0) is 10.7. The SMILES string of the molecule is Ic1ccc(Cc2cccc(I)c2)cc1. The maximum absolute atomic E-state index is 2.35. The van der Waals surface area contributed by atoms with Gasteiger partial charge in [-0.1, -0.05) is 24.3 Å². The Labute approximate surface area is 117 Å². The molecular formula is C13H10I2. The summed E-state index contributed by atoms with van der Waals surface area (Å²) in [5.74, 6) is 0. The molecule has 0 aliphatic rings. The minimum absolute atomic E-state index is 1.02. The van der Waals surface area contributed by atoms with Gasteiger partial charge >= 0.3 is 0 Å². The minimum Gasteiger partial charge on any atom is -0.0609 e. The Bertz CT molecular complexity index is 446. The Morgan fingerprint density at radius 3 is 2.13 bits per heavy atom. The molecule has 2 heteroatoms. The van der Waals surface area contributed by atoms with Crippen molar-refractivity contribution in [3.63, 3.8) is 0 Å². The number of hydrogen-bond donors (Lipinski definition) is 0. The molecule has 2 rings (SSSR count). The van der Waals surface area contributed by atoms with Crippen LogP contribution in [-0.4, -0.2) is 0 Å². The van der Waals surface area contributed by atoms with E-state index < -0.39 is 0 Å². The Hall–Kier alpha value is -0.100. The quantitative estimate of drug-likeness (QED) is 0.629. The minimum atomic E-state index is 1.02. The van der Waals surface area contributed by atoms with Crippen molar-refractivity contribution in [2.45, 2.75) is 6.42 Å². The maximum atomic E-state index is 2.35. The van der Waals surface area contributed by atoms with Gasteiger partial charge in [0, 0.05) is 7.14 Å². The second-order valence-corrected chi connectivity index (χ2v) is 5.92. The second kappa shape index (κ2) is 5.30. The fraction of sp³-hybridized carbons (Fsp3) is 0.0769. The van der Waals surface area contributed by atoms with E-state index >= 15 is 0 Å². The zero-order valence-corrected chi connectivity index (χ0v) is 12.4. The molecule has 0 saturated heterocycles. The summed E-state index contributed by atoms with van der Waals surface area (Å²) in [6, 6.07) is 17.4. The van der Waals surface area contributed by atoms with Crippen molar-refractivity contribution in [3.8, 4) is 0 Å². The Kier molecular flexibility index (Phi) is 4.02. The summed E-state index contributed by atoms with van der Waals surface area (Å²) in [6.45, 7) is 0. The first-order chi connectivity index (χ1) is 7.24. The predicted octanol–water partition coefficient (Wildman–Crippen LogP) is 4.49. The average Bonchev–Trinajstić information content (AvgIpc) is 2.22. The maximum Gasteiger partial charge on any atom is 0.0133 e.